The Morgan fingerprint density at radius 3 is 2.16 bits per heavy atom. The molecule has 202 valence electrons. The Kier molecular flexibility index (Phi) is 6.30. The largest absolute Gasteiger partial charge is 0.481 e. The third-order valence-electron chi connectivity index (χ3n) is 11.9. The molecule has 5 heteroatoms. The monoisotopic (exact) mass is 507 g/mol. The Labute approximate surface area is 222 Å². The fourth-order valence-corrected chi connectivity index (χ4v) is 8.94. The number of carboxylic acids is 1. The van der Waals surface area contributed by atoms with Crippen molar-refractivity contribution in [2.75, 3.05) is 0 Å². The number of rotatable bonds is 1. The number of hydrogen-bond acceptors (Lipinski definition) is 4. The summed E-state index contributed by atoms with van der Waals surface area (Å²) in [5.41, 5.74) is -1.59. The Bertz CT molecular complexity index is 1150. The first-order chi connectivity index (χ1) is 16.9. The molecule has 0 radical (unpaired) electrons. The van der Waals surface area contributed by atoms with E-state index in [2.05, 4.69) is 40.7 Å². The fourth-order valence-electron chi connectivity index (χ4n) is 8.94. The quantitative estimate of drug-likeness (QED) is 0.409. The van der Waals surface area contributed by atoms with Gasteiger partial charge in [-0.05, 0) is 86.5 Å². The molecule has 0 heterocycles. The van der Waals surface area contributed by atoms with Crippen LogP contribution in [0, 0.1) is 55.7 Å². The molecule has 37 heavy (non-hydrogen) atoms. The number of carboxylic acid groups (broad SMARTS) is 1. The van der Waals surface area contributed by atoms with Crippen LogP contribution in [0.5, 0.6) is 0 Å². The summed E-state index contributed by atoms with van der Waals surface area (Å²) in [7, 11) is 0. The number of carbonyl (C=O) groups is 3. The fraction of sp³-hybridized carbons (Fsp3) is 0.750. The second kappa shape index (κ2) is 8.39. The van der Waals surface area contributed by atoms with Crippen molar-refractivity contribution in [3.8, 4) is 6.07 Å². The van der Waals surface area contributed by atoms with E-state index in [4.69, 9.17) is 0 Å². The van der Waals surface area contributed by atoms with Gasteiger partial charge in [0.05, 0.1) is 11.0 Å². The molecule has 2 fully saturated rings. The number of nitriles is 1. The number of aliphatic carboxylic acids is 1. The summed E-state index contributed by atoms with van der Waals surface area (Å²) >= 11 is 0. The molecule has 0 spiro atoms. The van der Waals surface area contributed by atoms with Crippen molar-refractivity contribution in [2.24, 2.45) is 44.3 Å². The van der Waals surface area contributed by atoms with Crippen LogP contribution in [0.15, 0.2) is 23.3 Å². The van der Waals surface area contributed by atoms with Crippen LogP contribution in [-0.4, -0.2) is 22.6 Å². The molecule has 6 atom stereocenters. The van der Waals surface area contributed by atoms with Gasteiger partial charge in [0.2, 0.25) is 0 Å². The molecule has 4 aliphatic rings. The minimum absolute atomic E-state index is 0.0154. The average Bonchev–Trinajstić information content (AvgIpc) is 2.79. The average molecular weight is 508 g/mol. The van der Waals surface area contributed by atoms with E-state index in [0.717, 1.165) is 37.7 Å². The Morgan fingerprint density at radius 2 is 1.57 bits per heavy atom. The number of nitrogens with zero attached hydrogens (tertiary/aromatic N) is 1. The Morgan fingerprint density at radius 1 is 0.946 bits per heavy atom. The van der Waals surface area contributed by atoms with E-state index < -0.39 is 27.6 Å². The molecule has 0 aromatic carbocycles. The standard InChI is InChI=1S/C32H45NO4/c1-27(2)11-9-21-17-22(34)24-30(6)18-20(19-33)25(35)28(3,4)23(30)10-12-32(24,8)31(21,7)16-15-29(5,14-13-27)26(36)37/h17-18,23-24H,9-16H2,1-8H3,(H,36,37)/t23-,24+,29-,30-,31+,32+/m0/s1. The molecule has 4 rings (SSSR count). The van der Waals surface area contributed by atoms with Crippen LogP contribution in [0.3, 0.4) is 0 Å². The van der Waals surface area contributed by atoms with Crippen LogP contribution < -0.4 is 0 Å². The highest BCUT2D eigenvalue weighted by atomic mass is 16.4. The van der Waals surface area contributed by atoms with E-state index in [1.807, 2.05) is 32.9 Å². The minimum Gasteiger partial charge on any atom is -0.481 e. The zero-order valence-corrected chi connectivity index (χ0v) is 24.1. The molecule has 0 aromatic heterocycles. The van der Waals surface area contributed by atoms with Crippen molar-refractivity contribution in [3.63, 3.8) is 0 Å². The van der Waals surface area contributed by atoms with Gasteiger partial charge in [0.25, 0.3) is 0 Å². The summed E-state index contributed by atoms with van der Waals surface area (Å²) < 4.78 is 0. The van der Waals surface area contributed by atoms with Crippen LogP contribution in [0.4, 0.5) is 0 Å². The highest BCUT2D eigenvalue weighted by Gasteiger charge is 2.67. The predicted molar refractivity (Wildman–Crippen MR) is 143 cm³/mol. The molecule has 4 aliphatic carbocycles. The van der Waals surface area contributed by atoms with Crippen LogP contribution in [0.25, 0.3) is 0 Å². The van der Waals surface area contributed by atoms with Gasteiger partial charge in [0.1, 0.15) is 6.07 Å². The lowest BCUT2D eigenvalue weighted by Gasteiger charge is -2.66. The van der Waals surface area contributed by atoms with E-state index >= 15 is 0 Å². The molecule has 0 aromatic rings. The maximum atomic E-state index is 14.2. The second-order valence-electron chi connectivity index (χ2n) is 15.0. The number of ketones is 2. The van der Waals surface area contributed by atoms with Crippen molar-refractivity contribution >= 4 is 17.5 Å². The summed E-state index contributed by atoms with van der Waals surface area (Å²) in [6, 6.07) is 2.14. The van der Waals surface area contributed by atoms with E-state index in [1.165, 1.54) is 0 Å². The summed E-state index contributed by atoms with van der Waals surface area (Å²) in [4.78, 5) is 39.9. The SMILES string of the molecule is CC1(C)CCC2=CC(=O)[C@@H]3[C@@]4(C)C=C(C#N)C(=O)C(C)(C)[C@@H]4CC[C@@]3(C)[C@]2(C)CC[C@@](C)(C(=O)O)CC1. The number of Topliss-reactive ketones (excluding diaryl/α,β-unsaturated/α-hetero) is 1. The maximum Gasteiger partial charge on any atom is 0.309 e. The van der Waals surface area contributed by atoms with Crippen molar-refractivity contribution in [1.82, 2.24) is 0 Å². The van der Waals surface area contributed by atoms with E-state index in [1.54, 1.807) is 0 Å². The van der Waals surface area contributed by atoms with Crippen molar-refractivity contribution in [2.45, 2.75) is 107 Å². The van der Waals surface area contributed by atoms with Crippen molar-refractivity contribution < 1.29 is 19.5 Å². The molecule has 5 nitrogen and oxygen atoms in total. The van der Waals surface area contributed by atoms with E-state index in [-0.39, 0.29) is 39.8 Å². The van der Waals surface area contributed by atoms with Gasteiger partial charge in [-0.25, -0.2) is 0 Å². The molecule has 0 unspecified atom stereocenters. The smallest absolute Gasteiger partial charge is 0.309 e. The van der Waals surface area contributed by atoms with Crippen LogP contribution >= 0.6 is 0 Å². The second-order valence-corrected chi connectivity index (χ2v) is 15.0. The van der Waals surface area contributed by atoms with Gasteiger partial charge in [-0.15, -0.1) is 0 Å². The lowest BCUT2D eigenvalue weighted by Crippen LogP contribution is -2.63. The first-order valence-corrected chi connectivity index (χ1v) is 14.0. The van der Waals surface area contributed by atoms with Gasteiger partial charge in [0, 0.05) is 16.7 Å². The molecular weight excluding hydrogens is 462 g/mol. The number of allylic oxidation sites excluding steroid dienone is 4. The summed E-state index contributed by atoms with van der Waals surface area (Å²) in [5.74, 6) is -1.15. The van der Waals surface area contributed by atoms with Crippen molar-refractivity contribution in [1.29, 1.82) is 5.26 Å². The number of hydrogen-bond donors (Lipinski definition) is 1. The number of fused-ring (bicyclic) bond motifs is 5. The van der Waals surface area contributed by atoms with E-state index in [0.29, 0.717) is 19.3 Å². The molecule has 2 saturated carbocycles. The third-order valence-corrected chi connectivity index (χ3v) is 11.9. The highest BCUT2D eigenvalue weighted by molar-refractivity contribution is 6.05. The summed E-state index contributed by atoms with van der Waals surface area (Å²) in [6.45, 7) is 16.8. The normalized spacial score (nSPS) is 43.2. The highest BCUT2D eigenvalue weighted by Crippen LogP contribution is 2.71. The Balaban J connectivity index is 1.90. The van der Waals surface area contributed by atoms with Gasteiger partial charge >= 0.3 is 5.97 Å². The maximum absolute atomic E-state index is 14.2. The van der Waals surface area contributed by atoms with Gasteiger partial charge in [0.15, 0.2) is 11.6 Å². The molecule has 0 bridgehead atoms. The van der Waals surface area contributed by atoms with Gasteiger partial charge in [-0.3, -0.25) is 14.4 Å². The van der Waals surface area contributed by atoms with Crippen molar-refractivity contribution in [3.05, 3.63) is 23.3 Å². The van der Waals surface area contributed by atoms with Crippen LogP contribution in [-0.2, 0) is 14.4 Å². The molecule has 0 saturated heterocycles. The molecular formula is C32H45NO4. The zero-order chi connectivity index (χ0) is 27.8. The molecule has 0 amide bonds. The minimum atomic E-state index is -0.815. The summed E-state index contributed by atoms with van der Waals surface area (Å²) in [6.07, 6.45) is 9.84. The predicted octanol–water partition coefficient (Wildman–Crippen LogP) is 7.07. The topological polar surface area (TPSA) is 95.2 Å². The molecule has 1 N–H and O–H groups in total. The number of carbonyl (C=O) groups excluding carboxylic acids is 2. The first-order valence-electron chi connectivity index (χ1n) is 14.0. The van der Waals surface area contributed by atoms with Gasteiger partial charge < -0.3 is 5.11 Å². The molecule has 0 aliphatic heterocycles. The Hall–Kier alpha value is -2.22. The van der Waals surface area contributed by atoms with E-state index in [9.17, 15) is 24.8 Å². The summed E-state index contributed by atoms with van der Waals surface area (Å²) in [5, 5.41) is 20.1. The lowest BCUT2D eigenvalue weighted by atomic mass is 9.36. The van der Waals surface area contributed by atoms with Gasteiger partial charge in [-0.1, -0.05) is 60.1 Å². The first kappa shape index (κ1) is 27.8. The third kappa shape index (κ3) is 3.88. The van der Waals surface area contributed by atoms with Crippen LogP contribution in [0.1, 0.15) is 107 Å². The lowest BCUT2D eigenvalue weighted by molar-refractivity contribution is -0.165. The zero-order valence-electron chi connectivity index (χ0n) is 24.1. The van der Waals surface area contributed by atoms with Crippen LogP contribution in [0.2, 0.25) is 0 Å². The van der Waals surface area contributed by atoms with Gasteiger partial charge in [-0.2, -0.15) is 5.26 Å².